The summed E-state index contributed by atoms with van der Waals surface area (Å²) < 4.78 is 65.8. The molecule has 1 aromatic rings. The second-order valence-corrected chi connectivity index (χ2v) is 5.32. The molecule has 0 unspecified atom stereocenters. The van der Waals surface area contributed by atoms with Crippen LogP contribution < -0.4 is 4.72 Å². The van der Waals surface area contributed by atoms with Crippen molar-refractivity contribution >= 4 is 10.0 Å². The van der Waals surface area contributed by atoms with E-state index in [2.05, 4.69) is 0 Å². The standard InChI is InChI=1S/C9H12F3NO4S/c1-5-7(3-14)8(6(2)17-5)18(15,16)13-4-9(10,11)12/h13-14H,3-4H2,1-2H3. The quantitative estimate of drug-likeness (QED) is 0.873. The van der Waals surface area contributed by atoms with Gasteiger partial charge in [-0.2, -0.15) is 13.2 Å². The molecule has 0 aliphatic carbocycles. The van der Waals surface area contributed by atoms with E-state index in [0.717, 1.165) is 0 Å². The summed E-state index contributed by atoms with van der Waals surface area (Å²) in [7, 11) is -4.37. The van der Waals surface area contributed by atoms with Gasteiger partial charge in [0, 0.05) is 5.56 Å². The molecule has 18 heavy (non-hydrogen) atoms. The summed E-state index contributed by atoms with van der Waals surface area (Å²) in [6.07, 6.45) is -4.65. The maximum atomic E-state index is 12.0. The van der Waals surface area contributed by atoms with E-state index in [1.807, 2.05) is 0 Å². The molecule has 0 saturated heterocycles. The molecule has 0 atom stereocenters. The molecule has 0 saturated carbocycles. The molecule has 9 heteroatoms. The van der Waals surface area contributed by atoms with E-state index in [-0.39, 0.29) is 17.1 Å². The van der Waals surface area contributed by atoms with Gasteiger partial charge in [-0.1, -0.05) is 0 Å². The third-order valence-electron chi connectivity index (χ3n) is 2.21. The molecule has 1 heterocycles. The Labute approximate surface area is 102 Å². The van der Waals surface area contributed by atoms with Crippen LogP contribution in [-0.2, 0) is 16.6 Å². The minimum absolute atomic E-state index is 0.0397. The summed E-state index contributed by atoms with van der Waals surface area (Å²) >= 11 is 0. The molecule has 0 aliphatic heterocycles. The Hall–Kier alpha value is -1.06. The van der Waals surface area contributed by atoms with Crippen LogP contribution in [0.4, 0.5) is 13.2 Å². The van der Waals surface area contributed by atoms with E-state index in [1.54, 1.807) is 0 Å². The van der Waals surface area contributed by atoms with Gasteiger partial charge in [0.15, 0.2) is 0 Å². The highest BCUT2D eigenvalue weighted by molar-refractivity contribution is 7.89. The Morgan fingerprint density at radius 2 is 1.83 bits per heavy atom. The lowest BCUT2D eigenvalue weighted by Gasteiger charge is -2.09. The van der Waals surface area contributed by atoms with Crippen LogP contribution in [0.1, 0.15) is 17.1 Å². The Balaban J connectivity index is 3.13. The average Bonchev–Trinajstić information content (AvgIpc) is 2.49. The second-order valence-electron chi connectivity index (χ2n) is 3.62. The van der Waals surface area contributed by atoms with Gasteiger partial charge in [0.25, 0.3) is 0 Å². The molecule has 2 N–H and O–H groups in total. The van der Waals surface area contributed by atoms with Crippen molar-refractivity contribution in [3.8, 4) is 0 Å². The van der Waals surface area contributed by atoms with E-state index in [4.69, 9.17) is 9.52 Å². The largest absolute Gasteiger partial charge is 0.465 e. The summed E-state index contributed by atoms with van der Waals surface area (Å²) in [5, 5.41) is 9.03. The number of hydrogen-bond acceptors (Lipinski definition) is 4. The number of alkyl halides is 3. The monoisotopic (exact) mass is 287 g/mol. The normalized spacial score (nSPS) is 13.0. The summed E-state index contributed by atoms with van der Waals surface area (Å²) in [6.45, 7) is 0.408. The van der Waals surface area contributed by atoms with E-state index in [9.17, 15) is 21.6 Å². The summed E-state index contributed by atoms with van der Waals surface area (Å²) in [5.41, 5.74) is -0.0397. The molecule has 0 amide bonds. The molecule has 1 aromatic heterocycles. The first-order chi connectivity index (χ1) is 8.08. The minimum atomic E-state index is -4.65. The van der Waals surface area contributed by atoms with Gasteiger partial charge in [0.2, 0.25) is 10.0 Å². The molecule has 0 fully saturated rings. The van der Waals surface area contributed by atoms with E-state index >= 15 is 0 Å². The average molecular weight is 287 g/mol. The van der Waals surface area contributed by atoms with Crippen LogP contribution in [0.3, 0.4) is 0 Å². The van der Waals surface area contributed by atoms with Crippen molar-refractivity contribution in [1.82, 2.24) is 4.72 Å². The third-order valence-corrected chi connectivity index (χ3v) is 3.81. The highest BCUT2D eigenvalue weighted by Crippen LogP contribution is 2.26. The number of hydrogen-bond donors (Lipinski definition) is 2. The van der Waals surface area contributed by atoms with Crippen LogP contribution in [0, 0.1) is 13.8 Å². The topological polar surface area (TPSA) is 79.5 Å². The lowest BCUT2D eigenvalue weighted by molar-refractivity contribution is -0.121. The molecule has 0 spiro atoms. The van der Waals surface area contributed by atoms with Crippen molar-refractivity contribution in [2.75, 3.05) is 6.54 Å². The van der Waals surface area contributed by atoms with Crippen molar-refractivity contribution < 1.29 is 31.1 Å². The van der Waals surface area contributed by atoms with Crippen LogP contribution in [0.15, 0.2) is 9.31 Å². The zero-order valence-corrected chi connectivity index (χ0v) is 10.4. The van der Waals surface area contributed by atoms with Crippen LogP contribution in [-0.4, -0.2) is 26.2 Å². The molecule has 0 radical (unpaired) electrons. The highest BCUT2D eigenvalue weighted by Gasteiger charge is 2.33. The predicted octanol–water partition coefficient (Wildman–Crippen LogP) is 1.23. The van der Waals surface area contributed by atoms with Crippen LogP contribution in [0.5, 0.6) is 0 Å². The molecule has 0 bridgehead atoms. The molecular formula is C9H12F3NO4S. The summed E-state index contributed by atoms with van der Waals surface area (Å²) in [6, 6.07) is 0. The van der Waals surface area contributed by atoms with Crippen molar-refractivity contribution in [3.05, 3.63) is 17.1 Å². The number of sulfonamides is 1. The van der Waals surface area contributed by atoms with Gasteiger partial charge < -0.3 is 9.52 Å². The molecule has 0 aromatic carbocycles. The molecular weight excluding hydrogens is 275 g/mol. The summed E-state index contributed by atoms with van der Waals surface area (Å²) in [5.74, 6) is 0.0913. The van der Waals surface area contributed by atoms with Gasteiger partial charge in [-0.25, -0.2) is 13.1 Å². The Kier molecular flexibility index (Phi) is 4.08. The first-order valence-electron chi connectivity index (χ1n) is 4.84. The van der Waals surface area contributed by atoms with Crippen LogP contribution in [0.25, 0.3) is 0 Å². The number of halogens is 3. The smallest absolute Gasteiger partial charge is 0.402 e. The van der Waals surface area contributed by atoms with Crippen LogP contribution >= 0.6 is 0 Å². The Morgan fingerprint density at radius 1 is 1.28 bits per heavy atom. The number of rotatable bonds is 4. The zero-order valence-electron chi connectivity index (χ0n) is 9.63. The zero-order chi connectivity index (χ0) is 14.1. The second kappa shape index (κ2) is 4.90. The van der Waals surface area contributed by atoms with Gasteiger partial charge >= 0.3 is 6.18 Å². The van der Waals surface area contributed by atoms with E-state index in [1.165, 1.54) is 18.6 Å². The first-order valence-corrected chi connectivity index (χ1v) is 6.33. The fourth-order valence-electron chi connectivity index (χ4n) is 1.49. The van der Waals surface area contributed by atoms with Gasteiger partial charge in [-0.15, -0.1) is 0 Å². The number of aliphatic hydroxyl groups excluding tert-OH is 1. The molecule has 104 valence electrons. The number of aryl methyl sites for hydroxylation is 2. The van der Waals surface area contributed by atoms with Crippen molar-refractivity contribution in [2.45, 2.75) is 31.5 Å². The lowest BCUT2D eigenvalue weighted by Crippen LogP contribution is -2.34. The predicted molar refractivity (Wildman–Crippen MR) is 55.3 cm³/mol. The Bertz CT molecular complexity index is 533. The SMILES string of the molecule is Cc1oc(C)c(S(=O)(=O)NCC(F)(F)F)c1CO. The molecule has 1 rings (SSSR count). The Morgan fingerprint density at radius 3 is 2.28 bits per heavy atom. The van der Waals surface area contributed by atoms with Crippen molar-refractivity contribution in [1.29, 1.82) is 0 Å². The summed E-state index contributed by atoms with van der Waals surface area (Å²) in [4.78, 5) is -0.438. The van der Waals surface area contributed by atoms with Crippen molar-refractivity contribution in [3.63, 3.8) is 0 Å². The fraction of sp³-hybridized carbons (Fsp3) is 0.556. The van der Waals surface area contributed by atoms with E-state index in [0.29, 0.717) is 0 Å². The minimum Gasteiger partial charge on any atom is -0.465 e. The van der Waals surface area contributed by atoms with E-state index < -0.39 is 34.2 Å². The number of nitrogens with one attached hydrogen (secondary N) is 1. The lowest BCUT2D eigenvalue weighted by atomic mass is 10.2. The maximum Gasteiger partial charge on any atom is 0.402 e. The van der Waals surface area contributed by atoms with Crippen LogP contribution in [0.2, 0.25) is 0 Å². The van der Waals surface area contributed by atoms with Gasteiger partial charge in [-0.3, -0.25) is 0 Å². The fourth-order valence-corrected chi connectivity index (χ4v) is 2.94. The maximum absolute atomic E-state index is 12.0. The first kappa shape index (κ1) is 15.0. The van der Waals surface area contributed by atoms with Gasteiger partial charge in [0.05, 0.1) is 6.61 Å². The highest BCUT2D eigenvalue weighted by atomic mass is 32.2. The van der Waals surface area contributed by atoms with Gasteiger partial charge in [-0.05, 0) is 13.8 Å². The molecule has 5 nitrogen and oxygen atoms in total. The van der Waals surface area contributed by atoms with Gasteiger partial charge in [0.1, 0.15) is 23.0 Å². The third kappa shape index (κ3) is 3.24. The number of aliphatic hydroxyl groups is 1. The number of furan rings is 1. The van der Waals surface area contributed by atoms with Crippen molar-refractivity contribution in [2.24, 2.45) is 0 Å². The molecule has 0 aliphatic rings.